The summed E-state index contributed by atoms with van der Waals surface area (Å²) in [7, 11) is 4.30. The molecule has 2 aromatic rings. The molecular formula is C22H23ClF3N3O5. The Morgan fingerprint density at radius 1 is 0.941 bits per heavy atom. The van der Waals surface area contributed by atoms with Crippen molar-refractivity contribution in [1.29, 1.82) is 0 Å². The number of hydrogen-bond donors (Lipinski definition) is 1. The topological polar surface area (TPSA) is 80.3 Å². The predicted octanol–water partition coefficient (Wildman–Crippen LogP) is 3.83. The average molecular weight is 502 g/mol. The molecule has 1 N–H and O–H groups in total. The van der Waals surface area contributed by atoms with Crippen molar-refractivity contribution in [3.63, 3.8) is 0 Å². The zero-order chi connectivity index (χ0) is 25.0. The molecule has 1 aliphatic rings. The molecule has 34 heavy (non-hydrogen) atoms. The van der Waals surface area contributed by atoms with E-state index in [1.807, 2.05) is 0 Å². The minimum absolute atomic E-state index is 0.110. The van der Waals surface area contributed by atoms with Gasteiger partial charge in [0.2, 0.25) is 5.75 Å². The van der Waals surface area contributed by atoms with E-state index in [0.29, 0.717) is 33.6 Å². The van der Waals surface area contributed by atoms with Gasteiger partial charge in [-0.25, -0.2) is 0 Å². The van der Waals surface area contributed by atoms with Gasteiger partial charge in [0.05, 0.1) is 32.7 Å². The van der Waals surface area contributed by atoms with Gasteiger partial charge >= 0.3 is 12.1 Å². The summed E-state index contributed by atoms with van der Waals surface area (Å²) < 4.78 is 54.0. The summed E-state index contributed by atoms with van der Waals surface area (Å²) in [5.41, 5.74) is 1.15. The van der Waals surface area contributed by atoms with E-state index in [4.69, 9.17) is 25.8 Å². The summed E-state index contributed by atoms with van der Waals surface area (Å²) in [6, 6.07) is 7.79. The van der Waals surface area contributed by atoms with Crippen LogP contribution in [0.3, 0.4) is 0 Å². The Balaban J connectivity index is 1.83. The van der Waals surface area contributed by atoms with E-state index in [2.05, 4.69) is 5.32 Å². The van der Waals surface area contributed by atoms with Crippen molar-refractivity contribution < 1.29 is 37.0 Å². The summed E-state index contributed by atoms with van der Waals surface area (Å²) in [6.07, 6.45) is -4.91. The van der Waals surface area contributed by atoms with Crippen LogP contribution in [0.1, 0.15) is 10.4 Å². The number of piperazine rings is 1. The molecule has 1 aliphatic heterocycles. The molecule has 184 valence electrons. The van der Waals surface area contributed by atoms with Crippen LogP contribution < -0.4 is 24.4 Å². The second-order valence-corrected chi connectivity index (χ2v) is 7.74. The van der Waals surface area contributed by atoms with E-state index >= 15 is 0 Å². The minimum atomic E-state index is -4.91. The molecule has 2 aromatic carbocycles. The smallest absolute Gasteiger partial charge is 0.471 e. The van der Waals surface area contributed by atoms with Crippen molar-refractivity contribution in [2.75, 3.05) is 57.7 Å². The van der Waals surface area contributed by atoms with Crippen LogP contribution in [0.25, 0.3) is 0 Å². The highest BCUT2D eigenvalue weighted by Crippen LogP contribution is 2.39. The van der Waals surface area contributed by atoms with Gasteiger partial charge in [0, 0.05) is 36.8 Å². The van der Waals surface area contributed by atoms with E-state index in [1.54, 1.807) is 23.1 Å². The number of halogens is 4. The van der Waals surface area contributed by atoms with Crippen molar-refractivity contribution in [2.24, 2.45) is 0 Å². The second-order valence-electron chi connectivity index (χ2n) is 7.31. The van der Waals surface area contributed by atoms with E-state index in [9.17, 15) is 22.8 Å². The molecule has 0 spiro atoms. The number of amides is 2. The molecule has 12 heteroatoms. The van der Waals surface area contributed by atoms with Crippen LogP contribution in [0.2, 0.25) is 5.02 Å². The van der Waals surface area contributed by atoms with Crippen LogP contribution in [0, 0.1) is 0 Å². The van der Waals surface area contributed by atoms with Gasteiger partial charge in [-0.05, 0) is 30.3 Å². The summed E-state index contributed by atoms with van der Waals surface area (Å²) in [4.78, 5) is 27.1. The maximum Gasteiger partial charge on any atom is 0.471 e. The lowest BCUT2D eigenvalue weighted by atomic mass is 10.1. The summed E-state index contributed by atoms with van der Waals surface area (Å²) in [5.74, 6) is -1.43. The van der Waals surface area contributed by atoms with Gasteiger partial charge in [0.25, 0.3) is 5.91 Å². The number of carbonyl (C=O) groups is 2. The quantitative estimate of drug-likeness (QED) is 0.648. The molecule has 0 aliphatic carbocycles. The number of carbonyl (C=O) groups excluding carboxylic acids is 2. The van der Waals surface area contributed by atoms with Crippen molar-refractivity contribution in [1.82, 2.24) is 4.90 Å². The van der Waals surface area contributed by atoms with Gasteiger partial charge in [-0.15, -0.1) is 0 Å². The molecule has 3 rings (SSSR count). The highest BCUT2D eigenvalue weighted by atomic mass is 35.5. The second kappa shape index (κ2) is 10.3. The first kappa shape index (κ1) is 25.3. The van der Waals surface area contributed by atoms with E-state index in [1.165, 1.54) is 33.5 Å². The molecule has 0 radical (unpaired) electrons. The van der Waals surface area contributed by atoms with Crippen LogP contribution in [0.15, 0.2) is 30.3 Å². The molecule has 0 bridgehead atoms. The summed E-state index contributed by atoms with van der Waals surface area (Å²) in [5, 5.41) is 3.14. The first-order valence-corrected chi connectivity index (χ1v) is 10.5. The number of nitrogens with one attached hydrogen (secondary N) is 1. The number of nitrogens with zero attached hydrogens (tertiary/aromatic N) is 2. The molecule has 8 nitrogen and oxygen atoms in total. The number of rotatable bonds is 6. The van der Waals surface area contributed by atoms with Crippen molar-refractivity contribution in [2.45, 2.75) is 6.18 Å². The summed E-state index contributed by atoms with van der Waals surface area (Å²) in [6.45, 7) is 0.0788. The number of benzene rings is 2. The van der Waals surface area contributed by atoms with Gasteiger partial charge < -0.3 is 29.3 Å². The number of hydrogen-bond acceptors (Lipinski definition) is 6. The largest absolute Gasteiger partial charge is 0.493 e. The number of alkyl halides is 3. The summed E-state index contributed by atoms with van der Waals surface area (Å²) >= 11 is 6.13. The Hall–Kier alpha value is -3.34. The predicted molar refractivity (Wildman–Crippen MR) is 120 cm³/mol. The Bertz CT molecular complexity index is 1050. The maximum atomic E-state index is 13.0. The van der Waals surface area contributed by atoms with E-state index < -0.39 is 18.0 Å². The molecule has 0 atom stereocenters. The van der Waals surface area contributed by atoms with Gasteiger partial charge in [-0.2, -0.15) is 13.2 Å². The van der Waals surface area contributed by atoms with Crippen molar-refractivity contribution in [3.05, 3.63) is 40.9 Å². The lowest BCUT2D eigenvalue weighted by Crippen LogP contribution is -2.52. The average Bonchev–Trinajstić information content (AvgIpc) is 2.82. The lowest BCUT2D eigenvalue weighted by Gasteiger charge is -2.37. The first-order chi connectivity index (χ1) is 16.1. The van der Waals surface area contributed by atoms with E-state index in [-0.39, 0.29) is 31.7 Å². The van der Waals surface area contributed by atoms with E-state index in [0.717, 1.165) is 4.90 Å². The normalized spacial score (nSPS) is 14.0. The minimum Gasteiger partial charge on any atom is -0.493 e. The molecular weight excluding hydrogens is 479 g/mol. The van der Waals surface area contributed by atoms with Crippen LogP contribution in [-0.4, -0.2) is 70.4 Å². The zero-order valence-electron chi connectivity index (χ0n) is 18.7. The molecule has 1 heterocycles. The monoisotopic (exact) mass is 501 g/mol. The number of anilines is 2. The third kappa shape index (κ3) is 5.41. The Labute approximate surface area is 199 Å². The highest BCUT2D eigenvalue weighted by molar-refractivity contribution is 6.31. The van der Waals surface area contributed by atoms with Gasteiger partial charge in [0.15, 0.2) is 11.5 Å². The van der Waals surface area contributed by atoms with Gasteiger partial charge in [0.1, 0.15) is 0 Å². The Morgan fingerprint density at radius 3 is 2.03 bits per heavy atom. The third-order valence-electron chi connectivity index (χ3n) is 5.28. The van der Waals surface area contributed by atoms with Crippen LogP contribution >= 0.6 is 11.6 Å². The fourth-order valence-electron chi connectivity index (χ4n) is 3.62. The fraction of sp³-hybridized carbons (Fsp3) is 0.364. The molecule has 1 saturated heterocycles. The SMILES string of the molecule is COc1cc(C(=O)Nc2cc(Cl)ccc2N2CCN(C(=O)C(F)(F)F)CC2)cc(OC)c1OC. The lowest BCUT2D eigenvalue weighted by molar-refractivity contribution is -0.185. The maximum absolute atomic E-state index is 13.0. The van der Waals surface area contributed by atoms with Crippen LogP contribution in [0.5, 0.6) is 17.2 Å². The van der Waals surface area contributed by atoms with Gasteiger partial charge in [-0.1, -0.05) is 11.6 Å². The molecule has 0 saturated carbocycles. The van der Waals surface area contributed by atoms with Crippen LogP contribution in [-0.2, 0) is 4.79 Å². The van der Waals surface area contributed by atoms with Crippen molar-refractivity contribution in [3.8, 4) is 17.2 Å². The Morgan fingerprint density at radius 2 is 1.53 bits per heavy atom. The number of methoxy groups -OCH3 is 3. The molecule has 0 unspecified atom stereocenters. The fourth-order valence-corrected chi connectivity index (χ4v) is 3.79. The van der Waals surface area contributed by atoms with Gasteiger partial charge in [-0.3, -0.25) is 9.59 Å². The third-order valence-corrected chi connectivity index (χ3v) is 5.52. The number of ether oxygens (including phenoxy) is 3. The van der Waals surface area contributed by atoms with Crippen LogP contribution in [0.4, 0.5) is 24.5 Å². The molecule has 2 amide bonds. The molecule has 0 aromatic heterocycles. The Kier molecular flexibility index (Phi) is 7.65. The first-order valence-electron chi connectivity index (χ1n) is 10.1. The zero-order valence-corrected chi connectivity index (χ0v) is 19.4. The molecule has 1 fully saturated rings. The van der Waals surface area contributed by atoms with Crippen molar-refractivity contribution >= 4 is 34.8 Å². The highest BCUT2D eigenvalue weighted by Gasteiger charge is 2.43. The standard InChI is InChI=1S/C22H23ClF3N3O5/c1-32-17-10-13(11-18(33-2)19(17)34-3)20(30)27-15-12-14(23)4-5-16(15)28-6-8-29(9-7-28)21(31)22(24,25)26/h4-5,10-12H,6-9H2,1-3H3,(H,27,30).